The highest BCUT2D eigenvalue weighted by Crippen LogP contribution is 2.31. The summed E-state index contributed by atoms with van der Waals surface area (Å²) in [7, 11) is 0. The molecule has 64 heavy (non-hydrogen) atoms. The Kier molecular flexibility index (Phi) is 15.8. The molecule has 0 bridgehead atoms. The molecule has 0 aliphatic heterocycles. The second-order valence-electron chi connectivity index (χ2n) is 17.1. The van der Waals surface area contributed by atoms with Gasteiger partial charge < -0.3 is 31.2 Å². The van der Waals surface area contributed by atoms with Gasteiger partial charge in [-0.1, -0.05) is 63.1 Å². The van der Waals surface area contributed by atoms with Crippen molar-refractivity contribution in [2.24, 2.45) is 10.2 Å². The van der Waals surface area contributed by atoms with Gasteiger partial charge in [0.25, 0.3) is 0 Å². The Hall–Kier alpha value is -6.68. The van der Waals surface area contributed by atoms with E-state index >= 15 is 0 Å². The molecule has 0 aliphatic rings. The normalized spacial score (nSPS) is 13.6. The maximum absolute atomic E-state index is 12.9. The number of nitrogen functional groups attached to an aromatic ring is 2. The molecule has 0 spiro atoms. The van der Waals surface area contributed by atoms with Gasteiger partial charge in [-0.3, -0.25) is 9.59 Å². The third-order valence-corrected chi connectivity index (χ3v) is 11.8. The number of nitrogens with one attached hydrogen (secondary N) is 2. The van der Waals surface area contributed by atoms with Crippen molar-refractivity contribution in [2.75, 3.05) is 24.6 Å². The smallest absolute Gasteiger partial charge is 0.220 e. The summed E-state index contributed by atoms with van der Waals surface area (Å²) in [5.41, 5.74) is 15.2. The van der Waals surface area contributed by atoms with Crippen LogP contribution in [0.2, 0.25) is 0 Å². The highest BCUT2D eigenvalue weighted by atomic mass is 16.2. The molecule has 0 saturated carbocycles. The Bertz CT molecular complexity index is 2520. The van der Waals surface area contributed by atoms with Crippen molar-refractivity contribution in [3.8, 4) is 12.1 Å². The average Bonchev–Trinajstić information content (AvgIpc) is 3.87. The number of aromatic nitrogens is 6. The van der Waals surface area contributed by atoms with E-state index < -0.39 is 11.1 Å². The molecule has 0 fully saturated rings. The first-order chi connectivity index (χ1) is 30.9. The van der Waals surface area contributed by atoms with E-state index in [9.17, 15) is 20.1 Å². The van der Waals surface area contributed by atoms with E-state index in [1.807, 2.05) is 36.4 Å². The number of anilines is 2. The number of nitrogens with zero attached hydrogens (tertiary/aromatic N) is 10. The first kappa shape index (κ1) is 46.8. The summed E-state index contributed by atoms with van der Waals surface area (Å²) in [6, 6.07) is 20.2. The topological polar surface area (TPSA) is 244 Å². The largest absolute Gasteiger partial charge is 0.382 e. The fourth-order valence-electron chi connectivity index (χ4n) is 7.96. The van der Waals surface area contributed by atoms with Crippen LogP contribution in [0.3, 0.4) is 0 Å². The molecule has 4 heterocycles. The van der Waals surface area contributed by atoms with Crippen molar-refractivity contribution >= 4 is 67.3 Å². The molecule has 2 amide bonds. The standard InChI is InChI=1S/C48H62N14O2/c1-5-7-21-37-57-41-43(33-17-9-11-19-35(33)55-45(41)51)61(37)29-15-13-27-53-39(63)23-25-47(3,31-49)59-60-48(4,32-50)26-24-40(64)54-28-14-16-30-62-38(22-8-6-2)58-42-44(62)34-18-10-12-20-36(34)56-46(42)52/h9-12,17-20H,5-8,13-16,21-30H2,1-4H3,(H2,51,55)(H2,52,56)(H,53,63)(H,54,64). The SMILES string of the molecule is CCCCc1nc2c(N)nc3ccccc3c2n1CCCCNC(=O)CCC(C)(C#N)N=NC(C)(C#N)CCC(=O)NCCCCn1c(CCCC)nc2c(N)nc3ccccc3c21. The number of nitriles is 2. The Balaban J connectivity index is 0.934. The lowest BCUT2D eigenvalue weighted by atomic mass is 9.97. The first-order valence-corrected chi connectivity index (χ1v) is 22.8. The number of unbranched alkanes of at least 4 members (excludes halogenated alkanes) is 4. The van der Waals surface area contributed by atoms with Crippen molar-refractivity contribution in [2.45, 2.75) is 142 Å². The number of pyridine rings is 2. The lowest BCUT2D eigenvalue weighted by molar-refractivity contribution is -0.122. The van der Waals surface area contributed by atoms with Crippen molar-refractivity contribution in [1.29, 1.82) is 10.5 Å². The molecule has 336 valence electrons. The number of rotatable bonds is 24. The molecule has 16 heteroatoms. The Morgan fingerprint density at radius 1 is 0.641 bits per heavy atom. The van der Waals surface area contributed by atoms with E-state index in [0.29, 0.717) is 24.7 Å². The summed E-state index contributed by atoms with van der Waals surface area (Å²) >= 11 is 0. The summed E-state index contributed by atoms with van der Waals surface area (Å²) in [5.74, 6) is 2.45. The van der Waals surface area contributed by atoms with E-state index in [2.05, 4.69) is 78.1 Å². The van der Waals surface area contributed by atoms with E-state index in [1.165, 1.54) is 0 Å². The van der Waals surface area contributed by atoms with Gasteiger partial charge in [0.15, 0.2) is 22.7 Å². The minimum atomic E-state index is -1.32. The molecule has 2 atom stereocenters. The lowest BCUT2D eigenvalue weighted by Gasteiger charge is -2.19. The fraction of sp³-hybridized carbons (Fsp3) is 0.500. The first-order valence-electron chi connectivity index (χ1n) is 22.8. The number of nitrogens with two attached hydrogens (primary N) is 2. The predicted molar refractivity (Wildman–Crippen MR) is 252 cm³/mol. The monoisotopic (exact) mass is 867 g/mol. The zero-order valence-electron chi connectivity index (χ0n) is 37.8. The number of carbonyl (C=O) groups is 2. The molecule has 0 aliphatic carbocycles. The van der Waals surface area contributed by atoms with E-state index in [-0.39, 0.29) is 37.5 Å². The summed E-state index contributed by atoms with van der Waals surface area (Å²) in [6.07, 6.45) is 9.32. The number of hydrogen-bond acceptors (Lipinski definition) is 12. The lowest BCUT2D eigenvalue weighted by Crippen LogP contribution is -2.30. The van der Waals surface area contributed by atoms with Crippen LogP contribution in [-0.4, -0.2) is 65.1 Å². The van der Waals surface area contributed by atoms with Gasteiger partial charge in [0.2, 0.25) is 11.8 Å². The predicted octanol–water partition coefficient (Wildman–Crippen LogP) is 8.40. The molecule has 6 rings (SSSR count). The van der Waals surface area contributed by atoms with Crippen molar-refractivity contribution in [1.82, 2.24) is 39.7 Å². The zero-order chi connectivity index (χ0) is 45.7. The van der Waals surface area contributed by atoms with Crippen molar-refractivity contribution in [3.05, 3.63) is 60.2 Å². The zero-order valence-corrected chi connectivity index (χ0v) is 37.8. The number of azo groups is 1. The number of amides is 2. The number of para-hydroxylation sites is 2. The third-order valence-electron chi connectivity index (χ3n) is 11.8. The van der Waals surface area contributed by atoms with Gasteiger partial charge in [0, 0.05) is 62.6 Å². The van der Waals surface area contributed by atoms with E-state index in [1.54, 1.807) is 13.8 Å². The van der Waals surface area contributed by atoms with Crippen LogP contribution in [-0.2, 0) is 35.5 Å². The minimum absolute atomic E-state index is 0.0688. The molecule has 6 N–H and O–H groups in total. The van der Waals surface area contributed by atoms with Crippen molar-refractivity contribution < 1.29 is 9.59 Å². The number of imidazole rings is 2. The number of benzene rings is 2. The van der Waals surface area contributed by atoms with Crippen LogP contribution >= 0.6 is 0 Å². The summed E-state index contributed by atoms with van der Waals surface area (Å²) < 4.78 is 4.51. The number of carbonyl (C=O) groups excluding carboxylic acids is 2. The molecule has 0 radical (unpaired) electrons. The van der Waals surface area contributed by atoms with Crippen molar-refractivity contribution in [3.63, 3.8) is 0 Å². The molecule has 6 aromatic rings. The fourth-order valence-corrected chi connectivity index (χ4v) is 7.96. The van der Waals surface area contributed by atoms with Crippen LogP contribution in [0.5, 0.6) is 0 Å². The Morgan fingerprint density at radius 2 is 1.05 bits per heavy atom. The highest BCUT2D eigenvalue weighted by Gasteiger charge is 2.30. The van der Waals surface area contributed by atoms with E-state index in [0.717, 1.165) is 133 Å². The van der Waals surface area contributed by atoms with Crippen LogP contribution in [0.25, 0.3) is 43.9 Å². The molecule has 2 unspecified atom stereocenters. The van der Waals surface area contributed by atoms with Crippen LogP contribution in [0, 0.1) is 22.7 Å². The number of fused-ring (bicyclic) bond motifs is 6. The molecule has 0 saturated heterocycles. The van der Waals surface area contributed by atoms with Gasteiger partial charge in [-0.25, -0.2) is 19.9 Å². The summed E-state index contributed by atoms with van der Waals surface area (Å²) in [5, 5.41) is 36.5. The second kappa shape index (κ2) is 21.6. The number of hydrogen-bond donors (Lipinski definition) is 4. The summed E-state index contributed by atoms with van der Waals surface area (Å²) in [6.45, 7) is 9.92. The highest BCUT2D eigenvalue weighted by molar-refractivity contribution is 6.07. The molecule has 4 aromatic heterocycles. The van der Waals surface area contributed by atoms with Gasteiger partial charge in [-0.15, -0.1) is 0 Å². The van der Waals surface area contributed by atoms with Gasteiger partial charge >= 0.3 is 0 Å². The van der Waals surface area contributed by atoms with Gasteiger partial charge in [-0.2, -0.15) is 20.8 Å². The van der Waals surface area contributed by atoms with Gasteiger partial charge in [-0.05, 0) is 77.3 Å². The van der Waals surface area contributed by atoms with Gasteiger partial charge in [0.05, 0.1) is 34.2 Å². The maximum Gasteiger partial charge on any atom is 0.220 e. The van der Waals surface area contributed by atoms with Crippen LogP contribution in [0.1, 0.15) is 116 Å². The molecule has 16 nitrogen and oxygen atoms in total. The third kappa shape index (κ3) is 11.3. The van der Waals surface area contributed by atoms with E-state index in [4.69, 9.17) is 21.4 Å². The average molecular weight is 867 g/mol. The maximum atomic E-state index is 12.9. The minimum Gasteiger partial charge on any atom is -0.382 e. The van der Waals surface area contributed by atoms with Crippen LogP contribution in [0.4, 0.5) is 11.6 Å². The van der Waals surface area contributed by atoms with Gasteiger partial charge in [0.1, 0.15) is 22.7 Å². The summed E-state index contributed by atoms with van der Waals surface area (Å²) in [4.78, 5) is 44.7. The Morgan fingerprint density at radius 3 is 1.44 bits per heavy atom. The quantitative estimate of drug-likeness (QED) is 0.0334. The number of aryl methyl sites for hydroxylation is 4. The Labute approximate surface area is 374 Å². The molecule has 2 aromatic carbocycles. The second-order valence-corrected chi connectivity index (χ2v) is 17.1. The van der Waals surface area contributed by atoms with Crippen LogP contribution < -0.4 is 22.1 Å². The van der Waals surface area contributed by atoms with Crippen LogP contribution in [0.15, 0.2) is 58.8 Å². The molecular formula is C48H62N14O2. The molecular weight excluding hydrogens is 805 g/mol.